The summed E-state index contributed by atoms with van der Waals surface area (Å²) in [6.07, 6.45) is 0. The lowest BCUT2D eigenvalue weighted by molar-refractivity contribution is 0.338. The average molecular weight is 247 g/mol. The van der Waals surface area contributed by atoms with Gasteiger partial charge in [-0.1, -0.05) is 6.07 Å². The SMILES string of the molecule is CCOc1ccc(-c2cc(N)sc2C)cc1C. The number of aryl methyl sites for hydroxylation is 2. The van der Waals surface area contributed by atoms with Gasteiger partial charge in [0, 0.05) is 4.88 Å². The van der Waals surface area contributed by atoms with Gasteiger partial charge in [0.25, 0.3) is 0 Å². The van der Waals surface area contributed by atoms with Gasteiger partial charge in [0.05, 0.1) is 11.6 Å². The van der Waals surface area contributed by atoms with Crippen LogP contribution in [0, 0.1) is 13.8 Å². The third kappa shape index (κ3) is 2.44. The van der Waals surface area contributed by atoms with E-state index in [1.807, 2.05) is 19.1 Å². The second-order valence-electron chi connectivity index (χ2n) is 4.03. The Balaban J connectivity index is 2.41. The fraction of sp³-hybridized carbons (Fsp3) is 0.286. The number of hydrogen-bond donors (Lipinski definition) is 1. The highest BCUT2D eigenvalue weighted by Crippen LogP contribution is 2.34. The zero-order chi connectivity index (χ0) is 12.4. The minimum absolute atomic E-state index is 0.699. The molecule has 0 aliphatic rings. The Bertz CT molecular complexity index is 531. The number of benzene rings is 1. The quantitative estimate of drug-likeness (QED) is 0.889. The van der Waals surface area contributed by atoms with Crippen LogP contribution in [0.5, 0.6) is 5.75 Å². The van der Waals surface area contributed by atoms with Crippen LogP contribution in [0.1, 0.15) is 17.4 Å². The van der Waals surface area contributed by atoms with Crippen molar-refractivity contribution in [2.75, 3.05) is 12.3 Å². The van der Waals surface area contributed by atoms with Crippen LogP contribution < -0.4 is 10.5 Å². The van der Waals surface area contributed by atoms with Crippen LogP contribution in [0.2, 0.25) is 0 Å². The van der Waals surface area contributed by atoms with Crippen LogP contribution in [0.4, 0.5) is 5.00 Å². The van der Waals surface area contributed by atoms with Crippen LogP contribution in [-0.2, 0) is 0 Å². The molecule has 2 N–H and O–H groups in total. The molecule has 2 aromatic rings. The lowest BCUT2D eigenvalue weighted by atomic mass is 10.0. The Morgan fingerprint density at radius 3 is 2.53 bits per heavy atom. The number of hydrogen-bond acceptors (Lipinski definition) is 3. The van der Waals surface area contributed by atoms with Gasteiger partial charge in [0.15, 0.2) is 0 Å². The fourth-order valence-electron chi connectivity index (χ4n) is 1.93. The van der Waals surface area contributed by atoms with Gasteiger partial charge in [-0.3, -0.25) is 0 Å². The first kappa shape index (κ1) is 12.0. The minimum atomic E-state index is 0.699. The molecule has 0 unspecified atom stereocenters. The van der Waals surface area contributed by atoms with Gasteiger partial charge in [-0.25, -0.2) is 0 Å². The van der Waals surface area contributed by atoms with E-state index in [1.54, 1.807) is 11.3 Å². The monoisotopic (exact) mass is 247 g/mol. The van der Waals surface area contributed by atoms with Gasteiger partial charge in [-0.2, -0.15) is 0 Å². The Hall–Kier alpha value is -1.48. The number of nitrogens with two attached hydrogens (primary N) is 1. The van der Waals surface area contributed by atoms with E-state index in [4.69, 9.17) is 10.5 Å². The Kier molecular flexibility index (Phi) is 3.38. The van der Waals surface area contributed by atoms with Crippen molar-refractivity contribution in [1.82, 2.24) is 0 Å². The average Bonchev–Trinajstić information content (AvgIpc) is 2.61. The largest absolute Gasteiger partial charge is 0.494 e. The van der Waals surface area contributed by atoms with E-state index in [2.05, 4.69) is 26.0 Å². The van der Waals surface area contributed by atoms with Crippen molar-refractivity contribution < 1.29 is 4.74 Å². The Labute approximate surface area is 106 Å². The van der Waals surface area contributed by atoms with Crippen molar-refractivity contribution >= 4 is 16.3 Å². The predicted molar refractivity (Wildman–Crippen MR) is 74.8 cm³/mol. The first-order valence-electron chi connectivity index (χ1n) is 5.71. The number of rotatable bonds is 3. The Morgan fingerprint density at radius 1 is 1.24 bits per heavy atom. The normalized spacial score (nSPS) is 10.5. The summed E-state index contributed by atoms with van der Waals surface area (Å²) in [6.45, 7) is 6.86. The number of nitrogen functional groups attached to an aromatic ring is 1. The smallest absolute Gasteiger partial charge is 0.122 e. The molecule has 0 aliphatic heterocycles. The van der Waals surface area contributed by atoms with Gasteiger partial charge < -0.3 is 10.5 Å². The third-order valence-electron chi connectivity index (χ3n) is 2.72. The zero-order valence-corrected chi connectivity index (χ0v) is 11.2. The second kappa shape index (κ2) is 4.80. The zero-order valence-electron chi connectivity index (χ0n) is 10.4. The second-order valence-corrected chi connectivity index (χ2v) is 5.32. The van der Waals surface area contributed by atoms with Crippen molar-refractivity contribution in [2.45, 2.75) is 20.8 Å². The molecule has 1 aromatic carbocycles. The summed E-state index contributed by atoms with van der Waals surface area (Å²) >= 11 is 1.63. The van der Waals surface area contributed by atoms with Crippen molar-refractivity contribution in [2.24, 2.45) is 0 Å². The third-order valence-corrected chi connectivity index (χ3v) is 3.60. The van der Waals surface area contributed by atoms with E-state index in [0.29, 0.717) is 6.61 Å². The molecule has 0 radical (unpaired) electrons. The molecular formula is C14H17NOS. The number of thiophene rings is 1. The van der Waals surface area contributed by atoms with Crippen molar-refractivity contribution in [3.05, 3.63) is 34.7 Å². The van der Waals surface area contributed by atoms with Gasteiger partial charge in [-0.15, -0.1) is 11.3 Å². The van der Waals surface area contributed by atoms with Gasteiger partial charge >= 0.3 is 0 Å². The maximum absolute atomic E-state index is 5.83. The molecule has 0 fully saturated rings. The topological polar surface area (TPSA) is 35.2 Å². The highest BCUT2D eigenvalue weighted by Gasteiger charge is 2.08. The summed E-state index contributed by atoms with van der Waals surface area (Å²) in [7, 11) is 0. The minimum Gasteiger partial charge on any atom is -0.494 e. The fourth-order valence-corrected chi connectivity index (χ4v) is 2.74. The maximum atomic E-state index is 5.83. The molecule has 0 amide bonds. The molecule has 3 heteroatoms. The van der Waals surface area contributed by atoms with E-state index in [9.17, 15) is 0 Å². The van der Waals surface area contributed by atoms with Crippen LogP contribution in [0.25, 0.3) is 11.1 Å². The van der Waals surface area contributed by atoms with E-state index >= 15 is 0 Å². The van der Waals surface area contributed by atoms with Crippen LogP contribution >= 0.6 is 11.3 Å². The molecule has 0 spiro atoms. The summed E-state index contributed by atoms with van der Waals surface area (Å²) in [5, 5.41) is 0.865. The van der Waals surface area contributed by atoms with E-state index < -0.39 is 0 Å². The predicted octanol–water partition coefficient (Wildman–Crippen LogP) is 4.01. The summed E-state index contributed by atoms with van der Waals surface area (Å²) in [6, 6.07) is 8.31. The van der Waals surface area contributed by atoms with Crippen LogP contribution in [0.15, 0.2) is 24.3 Å². The van der Waals surface area contributed by atoms with Crippen LogP contribution in [-0.4, -0.2) is 6.61 Å². The molecule has 0 bridgehead atoms. The summed E-state index contributed by atoms with van der Waals surface area (Å²) in [5.74, 6) is 0.956. The highest BCUT2D eigenvalue weighted by atomic mass is 32.1. The molecule has 90 valence electrons. The molecular weight excluding hydrogens is 230 g/mol. The summed E-state index contributed by atoms with van der Waals surface area (Å²) < 4.78 is 5.54. The van der Waals surface area contributed by atoms with Crippen molar-refractivity contribution in [3.8, 4) is 16.9 Å². The summed E-state index contributed by atoms with van der Waals surface area (Å²) in [4.78, 5) is 1.26. The van der Waals surface area contributed by atoms with Gasteiger partial charge in [0.1, 0.15) is 5.75 Å². The molecule has 2 nitrogen and oxygen atoms in total. The van der Waals surface area contributed by atoms with Gasteiger partial charge in [0.2, 0.25) is 0 Å². The molecule has 17 heavy (non-hydrogen) atoms. The summed E-state index contributed by atoms with van der Waals surface area (Å²) in [5.41, 5.74) is 9.41. The maximum Gasteiger partial charge on any atom is 0.122 e. The first-order valence-corrected chi connectivity index (χ1v) is 6.53. The highest BCUT2D eigenvalue weighted by molar-refractivity contribution is 7.16. The molecule has 0 atom stereocenters. The lowest BCUT2D eigenvalue weighted by Gasteiger charge is -2.08. The first-order chi connectivity index (χ1) is 8.11. The molecule has 0 aliphatic carbocycles. The van der Waals surface area contributed by atoms with E-state index in [0.717, 1.165) is 16.3 Å². The van der Waals surface area contributed by atoms with Crippen molar-refractivity contribution in [1.29, 1.82) is 0 Å². The van der Waals surface area contributed by atoms with Crippen molar-refractivity contribution in [3.63, 3.8) is 0 Å². The van der Waals surface area contributed by atoms with E-state index in [-0.39, 0.29) is 0 Å². The molecule has 1 aromatic heterocycles. The molecule has 1 heterocycles. The standard InChI is InChI=1S/C14H17NOS/c1-4-16-13-6-5-11(7-9(13)2)12-8-14(15)17-10(12)3/h5-8H,4,15H2,1-3H3. The van der Waals surface area contributed by atoms with Crippen LogP contribution in [0.3, 0.4) is 0 Å². The lowest BCUT2D eigenvalue weighted by Crippen LogP contribution is -1.93. The number of anilines is 1. The van der Waals surface area contributed by atoms with E-state index in [1.165, 1.54) is 16.0 Å². The Morgan fingerprint density at radius 2 is 2.00 bits per heavy atom. The number of ether oxygens (including phenoxy) is 1. The molecule has 0 saturated carbocycles. The van der Waals surface area contributed by atoms with Gasteiger partial charge in [-0.05, 0) is 55.7 Å². The molecule has 2 rings (SSSR count). The molecule has 0 saturated heterocycles.